The molecule has 0 spiro atoms. The normalized spacial score (nSPS) is 12.6. The minimum atomic E-state index is -0.252. The Morgan fingerprint density at radius 1 is 1.42 bits per heavy atom. The molecule has 6 heteroatoms. The monoisotopic (exact) mass is 404 g/mol. The number of carbonyl (C=O) groups excluding carboxylic acids is 1. The van der Waals surface area contributed by atoms with Crippen LogP contribution in [0.25, 0.3) is 0 Å². The van der Waals surface area contributed by atoms with E-state index in [1.165, 1.54) is 16.2 Å². The Balaban J connectivity index is 1.68. The van der Waals surface area contributed by atoms with Gasteiger partial charge < -0.3 is 10.1 Å². The van der Waals surface area contributed by atoms with Gasteiger partial charge in [0.25, 0.3) is 5.91 Å². The van der Waals surface area contributed by atoms with Crippen molar-refractivity contribution in [3.8, 4) is 11.8 Å². The first kappa shape index (κ1) is 17.0. The number of ether oxygens (including phenoxy) is 1. The van der Waals surface area contributed by atoms with Gasteiger partial charge in [-0.15, -0.1) is 11.3 Å². The quantitative estimate of drug-likeness (QED) is 0.815. The highest BCUT2D eigenvalue weighted by Crippen LogP contribution is 2.38. The van der Waals surface area contributed by atoms with Gasteiger partial charge in [0.1, 0.15) is 16.8 Å². The molecule has 1 aliphatic carbocycles. The zero-order chi connectivity index (χ0) is 17.3. The third-order valence-electron chi connectivity index (χ3n) is 4.01. The second-order valence-electron chi connectivity index (χ2n) is 5.90. The van der Waals surface area contributed by atoms with E-state index in [9.17, 15) is 10.1 Å². The molecule has 1 aromatic carbocycles. The summed E-state index contributed by atoms with van der Waals surface area (Å²) in [6.45, 7) is 3.87. The molecule has 0 saturated carbocycles. The van der Waals surface area contributed by atoms with Crippen molar-refractivity contribution < 1.29 is 9.53 Å². The lowest BCUT2D eigenvalue weighted by Crippen LogP contribution is -2.20. The van der Waals surface area contributed by atoms with Crippen LogP contribution in [-0.4, -0.2) is 12.5 Å². The molecule has 1 aromatic heterocycles. The topological polar surface area (TPSA) is 62.1 Å². The number of aryl methyl sites for hydroxylation is 3. The number of amides is 1. The summed E-state index contributed by atoms with van der Waals surface area (Å²) < 4.78 is 6.50. The standard InChI is InChI=1S/C18H17BrN2O2S/c1-10-6-11(2)17(14(19)7-10)23-9-16(22)21-18-13(8-20)12-4-3-5-15(12)24-18/h6-7H,3-5,9H2,1-2H3,(H,21,22). The summed E-state index contributed by atoms with van der Waals surface area (Å²) in [7, 11) is 0. The Morgan fingerprint density at radius 2 is 2.21 bits per heavy atom. The number of halogens is 1. The summed E-state index contributed by atoms with van der Waals surface area (Å²) in [5, 5.41) is 12.8. The molecular formula is C18H17BrN2O2S. The molecule has 0 radical (unpaired) electrons. The molecule has 0 aliphatic heterocycles. The van der Waals surface area contributed by atoms with Crippen molar-refractivity contribution in [2.45, 2.75) is 33.1 Å². The molecular weight excluding hydrogens is 388 g/mol. The third-order valence-corrected chi connectivity index (χ3v) is 5.80. The number of fused-ring (bicyclic) bond motifs is 1. The smallest absolute Gasteiger partial charge is 0.262 e. The van der Waals surface area contributed by atoms with Gasteiger partial charge in [0.15, 0.2) is 6.61 Å². The first-order valence-corrected chi connectivity index (χ1v) is 9.34. The molecule has 1 aliphatic rings. The third kappa shape index (κ3) is 3.33. The molecule has 0 atom stereocenters. The van der Waals surface area contributed by atoms with Crippen LogP contribution in [0.2, 0.25) is 0 Å². The largest absolute Gasteiger partial charge is 0.482 e. The van der Waals surface area contributed by atoms with Crippen molar-refractivity contribution in [3.63, 3.8) is 0 Å². The first-order chi connectivity index (χ1) is 11.5. The van der Waals surface area contributed by atoms with Crippen molar-refractivity contribution in [3.05, 3.63) is 43.7 Å². The predicted octanol–water partition coefficient (Wildman–Crippen LogP) is 4.51. The van der Waals surface area contributed by atoms with Gasteiger partial charge in [-0.1, -0.05) is 6.07 Å². The van der Waals surface area contributed by atoms with Crippen LogP contribution in [-0.2, 0) is 17.6 Å². The zero-order valence-corrected chi connectivity index (χ0v) is 15.9. The van der Waals surface area contributed by atoms with E-state index in [1.54, 1.807) is 0 Å². The average molecular weight is 405 g/mol. The van der Waals surface area contributed by atoms with Crippen LogP contribution in [0, 0.1) is 25.2 Å². The number of anilines is 1. The number of carbonyl (C=O) groups is 1. The van der Waals surface area contributed by atoms with Crippen LogP contribution >= 0.6 is 27.3 Å². The fraction of sp³-hybridized carbons (Fsp3) is 0.333. The van der Waals surface area contributed by atoms with Gasteiger partial charge in [-0.25, -0.2) is 0 Å². The summed E-state index contributed by atoms with van der Waals surface area (Å²) in [5.41, 5.74) is 3.83. The molecule has 4 nitrogen and oxygen atoms in total. The van der Waals surface area contributed by atoms with Gasteiger partial charge in [-0.05, 0) is 71.8 Å². The number of rotatable bonds is 4. The van der Waals surface area contributed by atoms with Crippen LogP contribution in [0.1, 0.15) is 33.6 Å². The van der Waals surface area contributed by atoms with E-state index >= 15 is 0 Å². The number of nitrogens with zero attached hydrogens (tertiary/aromatic N) is 1. The number of thiophene rings is 1. The average Bonchev–Trinajstić information content (AvgIpc) is 3.06. The second kappa shape index (κ2) is 6.96. The van der Waals surface area contributed by atoms with Crippen molar-refractivity contribution in [1.29, 1.82) is 5.26 Å². The van der Waals surface area contributed by atoms with E-state index in [0.717, 1.165) is 40.4 Å². The highest BCUT2D eigenvalue weighted by molar-refractivity contribution is 9.10. The minimum Gasteiger partial charge on any atom is -0.482 e. The van der Waals surface area contributed by atoms with E-state index < -0.39 is 0 Å². The highest BCUT2D eigenvalue weighted by Gasteiger charge is 2.23. The molecule has 2 aromatic rings. The van der Waals surface area contributed by atoms with Crippen molar-refractivity contribution in [2.75, 3.05) is 11.9 Å². The van der Waals surface area contributed by atoms with Crippen LogP contribution in [0.15, 0.2) is 16.6 Å². The summed E-state index contributed by atoms with van der Waals surface area (Å²) in [5.74, 6) is 0.420. The van der Waals surface area contributed by atoms with Crippen LogP contribution in [0.5, 0.6) is 5.75 Å². The predicted molar refractivity (Wildman–Crippen MR) is 98.8 cm³/mol. The van der Waals surface area contributed by atoms with E-state index in [4.69, 9.17) is 4.74 Å². The molecule has 1 N–H and O–H groups in total. The van der Waals surface area contributed by atoms with E-state index in [2.05, 4.69) is 27.3 Å². The van der Waals surface area contributed by atoms with Gasteiger partial charge >= 0.3 is 0 Å². The second-order valence-corrected chi connectivity index (χ2v) is 7.86. The molecule has 0 saturated heterocycles. The van der Waals surface area contributed by atoms with Crippen LogP contribution < -0.4 is 10.1 Å². The van der Waals surface area contributed by atoms with E-state index in [-0.39, 0.29) is 12.5 Å². The summed E-state index contributed by atoms with van der Waals surface area (Å²) in [6.07, 6.45) is 3.01. The lowest BCUT2D eigenvalue weighted by atomic mass is 10.1. The number of hydrogen-bond donors (Lipinski definition) is 1. The minimum absolute atomic E-state index is 0.0874. The molecule has 1 heterocycles. The lowest BCUT2D eigenvalue weighted by molar-refractivity contribution is -0.118. The van der Waals surface area contributed by atoms with Gasteiger partial charge in [0.2, 0.25) is 0 Å². The van der Waals surface area contributed by atoms with Gasteiger partial charge in [0, 0.05) is 4.88 Å². The maximum Gasteiger partial charge on any atom is 0.262 e. The SMILES string of the molecule is Cc1cc(C)c(OCC(=O)Nc2sc3c(c2C#N)CCC3)c(Br)c1. The van der Waals surface area contributed by atoms with Gasteiger partial charge in [0.05, 0.1) is 10.0 Å². The molecule has 1 amide bonds. The Bertz CT molecular complexity index is 828. The molecule has 0 bridgehead atoms. The maximum atomic E-state index is 12.2. The summed E-state index contributed by atoms with van der Waals surface area (Å²) >= 11 is 4.98. The Hall–Kier alpha value is -1.84. The molecule has 0 unspecified atom stereocenters. The first-order valence-electron chi connectivity index (χ1n) is 7.73. The molecule has 124 valence electrons. The zero-order valence-electron chi connectivity index (χ0n) is 13.5. The Kier molecular flexibility index (Phi) is 4.93. The fourth-order valence-corrected chi connectivity index (χ4v) is 5.04. The van der Waals surface area contributed by atoms with E-state index in [0.29, 0.717) is 16.3 Å². The van der Waals surface area contributed by atoms with Gasteiger partial charge in [-0.3, -0.25) is 4.79 Å². The Morgan fingerprint density at radius 3 is 2.92 bits per heavy atom. The number of nitrogens with one attached hydrogen (secondary N) is 1. The van der Waals surface area contributed by atoms with Gasteiger partial charge in [-0.2, -0.15) is 5.26 Å². The van der Waals surface area contributed by atoms with Crippen molar-refractivity contribution in [2.24, 2.45) is 0 Å². The Labute approximate surface area is 153 Å². The van der Waals surface area contributed by atoms with E-state index in [1.807, 2.05) is 26.0 Å². The lowest BCUT2D eigenvalue weighted by Gasteiger charge is -2.12. The van der Waals surface area contributed by atoms with Crippen molar-refractivity contribution >= 4 is 38.2 Å². The summed E-state index contributed by atoms with van der Waals surface area (Å²) in [6, 6.07) is 6.19. The van der Waals surface area contributed by atoms with Crippen LogP contribution in [0.4, 0.5) is 5.00 Å². The summed E-state index contributed by atoms with van der Waals surface area (Å²) in [4.78, 5) is 13.4. The molecule has 0 fully saturated rings. The number of hydrogen-bond acceptors (Lipinski definition) is 4. The van der Waals surface area contributed by atoms with Crippen molar-refractivity contribution in [1.82, 2.24) is 0 Å². The highest BCUT2D eigenvalue weighted by atomic mass is 79.9. The molecule has 24 heavy (non-hydrogen) atoms. The molecule has 3 rings (SSSR count). The fourth-order valence-electron chi connectivity index (χ4n) is 3.00. The van der Waals surface area contributed by atoms with Crippen LogP contribution in [0.3, 0.4) is 0 Å². The number of nitriles is 1. The number of benzene rings is 1. The maximum absolute atomic E-state index is 12.2.